The smallest absolute Gasteiger partial charge is 0.449 e. The molecule has 228 valence electrons. The van der Waals surface area contributed by atoms with Crippen molar-refractivity contribution in [1.82, 2.24) is 9.47 Å². The summed E-state index contributed by atoms with van der Waals surface area (Å²) < 4.78 is 51.8. The summed E-state index contributed by atoms with van der Waals surface area (Å²) in [6.07, 6.45) is -2.99. The minimum absolute atomic E-state index is 0.0380. The number of alkyl halides is 3. The lowest BCUT2D eigenvalue weighted by Gasteiger charge is -2.27. The van der Waals surface area contributed by atoms with Gasteiger partial charge in [-0.1, -0.05) is 6.07 Å². The van der Waals surface area contributed by atoms with Crippen LogP contribution < -0.4 is 15.4 Å². The van der Waals surface area contributed by atoms with Crippen LogP contribution in [0, 0.1) is 12.3 Å². The maximum atomic E-state index is 13.3. The second-order valence-corrected chi connectivity index (χ2v) is 11.3. The Labute approximate surface area is 246 Å². The van der Waals surface area contributed by atoms with Crippen LogP contribution in [0.25, 0.3) is 11.0 Å². The number of hydrogen-bond acceptors (Lipinski definition) is 6. The van der Waals surface area contributed by atoms with Gasteiger partial charge in [0.1, 0.15) is 22.5 Å². The van der Waals surface area contributed by atoms with Gasteiger partial charge < -0.3 is 23.2 Å². The molecule has 0 saturated carbocycles. The molecule has 0 fully saturated rings. The molecule has 2 amide bonds. The van der Waals surface area contributed by atoms with E-state index in [4.69, 9.17) is 8.83 Å². The fourth-order valence-electron chi connectivity index (χ4n) is 5.48. The highest BCUT2D eigenvalue weighted by Gasteiger charge is 2.45. The normalized spacial score (nSPS) is 15.5. The van der Waals surface area contributed by atoms with Gasteiger partial charge in [-0.05, 0) is 69.7 Å². The van der Waals surface area contributed by atoms with Crippen molar-refractivity contribution in [3.05, 3.63) is 81.9 Å². The first-order chi connectivity index (χ1) is 20.2. The summed E-state index contributed by atoms with van der Waals surface area (Å²) in [6.45, 7) is 8.03. The fraction of sp³-hybridized carbons (Fsp3) is 0.387. The molecule has 0 saturated heterocycles. The van der Waals surface area contributed by atoms with Crippen molar-refractivity contribution in [3.8, 4) is 0 Å². The molecule has 5 rings (SSSR count). The van der Waals surface area contributed by atoms with Crippen LogP contribution in [0.3, 0.4) is 0 Å². The molecular weight excluding hydrogens is 565 g/mol. The molecule has 0 bridgehead atoms. The van der Waals surface area contributed by atoms with Crippen LogP contribution in [0.1, 0.15) is 43.6 Å². The van der Waals surface area contributed by atoms with E-state index in [0.717, 1.165) is 11.6 Å². The SMILES string of the molecule is CCN1C(=O)C(C)(C)C(=O)N(C)c2cc(CN(CCn3ccc4oc(C)cc4c3=O)Cc3ccc(C(F)(F)F)o3)ccc21. The van der Waals surface area contributed by atoms with E-state index >= 15 is 0 Å². The van der Waals surface area contributed by atoms with Crippen LogP contribution in [0.4, 0.5) is 24.5 Å². The molecular formula is C31H33F3N4O5. The lowest BCUT2D eigenvalue weighted by Crippen LogP contribution is -2.47. The van der Waals surface area contributed by atoms with E-state index in [1.165, 1.54) is 15.5 Å². The molecule has 12 heteroatoms. The molecule has 9 nitrogen and oxygen atoms in total. The van der Waals surface area contributed by atoms with Crippen molar-refractivity contribution in [2.45, 2.75) is 53.5 Å². The number of hydrogen-bond donors (Lipinski definition) is 0. The van der Waals surface area contributed by atoms with Crippen molar-refractivity contribution in [1.29, 1.82) is 0 Å². The van der Waals surface area contributed by atoms with Crippen molar-refractivity contribution in [2.75, 3.05) is 29.9 Å². The molecule has 0 atom stereocenters. The van der Waals surface area contributed by atoms with Gasteiger partial charge in [-0.2, -0.15) is 13.2 Å². The van der Waals surface area contributed by atoms with E-state index in [-0.39, 0.29) is 42.8 Å². The number of amides is 2. The zero-order valence-corrected chi connectivity index (χ0v) is 24.6. The van der Waals surface area contributed by atoms with Gasteiger partial charge in [-0.25, -0.2) is 0 Å². The number of carbonyl (C=O) groups excluding carboxylic acids is 2. The zero-order valence-electron chi connectivity index (χ0n) is 24.6. The Hall–Kier alpha value is -4.32. The second kappa shape index (κ2) is 11.1. The molecule has 0 unspecified atom stereocenters. The molecule has 0 radical (unpaired) electrons. The number of nitrogens with zero attached hydrogens (tertiary/aromatic N) is 4. The minimum Gasteiger partial charge on any atom is -0.461 e. The highest BCUT2D eigenvalue weighted by atomic mass is 19.4. The van der Waals surface area contributed by atoms with E-state index in [2.05, 4.69) is 0 Å². The van der Waals surface area contributed by atoms with Crippen molar-refractivity contribution in [3.63, 3.8) is 0 Å². The van der Waals surface area contributed by atoms with Crippen LogP contribution in [-0.2, 0) is 35.4 Å². The summed E-state index contributed by atoms with van der Waals surface area (Å²) in [5, 5.41) is 0.448. The van der Waals surface area contributed by atoms with Crippen LogP contribution >= 0.6 is 0 Å². The van der Waals surface area contributed by atoms with E-state index < -0.39 is 17.4 Å². The summed E-state index contributed by atoms with van der Waals surface area (Å²) in [4.78, 5) is 44.5. The third kappa shape index (κ3) is 5.71. The first-order valence-electron chi connectivity index (χ1n) is 13.9. The van der Waals surface area contributed by atoms with Gasteiger partial charge in [-0.3, -0.25) is 19.3 Å². The lowest BCUT2D eigenvalue weighted by molar-refractivity contribution is -0.153. The number of carbonyl (C=O) groups is 2. The van der Waals surface area contributed by atoms with Crippen LogP contribution in [-0.4, -0.2) is 41.4 Å². The summed E-state index contributed by atoms with van der Waals surface area (Å²) in [5.74, 6) is -0.997. The zero-order chi connectivity index (χ0) is 31.3. The molecule has 4 heterocycles. The molecule has 3 aromatic heterocycles. The average Bonchev–Trinajstić information content (AvgIpc) is 3.58. The highest BCUT2D eigenvalue weighted by Crippen LogP contribution is 2.39. The fourth-order valence-corrected chi connectivity index (χ4v) is 5.48. The van der Waals surface area contributed by atoms with Crippen LogP contribution in [0.2, 0.25) is 0 Å². The maximum absolute atomic E-state index is 13.3. The molecule has 0 N–H and O–H groups in total. The Bertz CT molecular complexity index is 1750. The number of furan rings is 2. The van der Waals surface area contributed by atoms with Gasteiger partial charge >= 0.3 is 6.18 Å². The van der Waals surface area contributed by atoms with E-state index in [1.807, 2.05) is 24.0 Å². The Kier molecular flexibility index (Phi) is 7.76. The first-order valence-corrected chi connectivity index (χ1v) is 13.9. The largest absolute Gasteiger partial charge is 0.461 e. The standard InChI is InChI=1S/C31H33F3N4O5/c1-6-38-23-9-7-20(16-24(23)35(5)28(40)30(3,4)29(38)41)17-36(18-21-8-10-26(43-21)31(32,33)34)13-14-37-12-11-25-22(27(37)39)15-19(2)42-25/h7-12,15-16H,6,13-14,17-18H2,1-5H3. The van der Waals surface area contributed by atoms with Crippen LogP contribution in [0.15, 0.2) is 62.3 Å². The number of anilines is 2. The Balaban J connectivity index is 1.46. The number of halogens is 3. The van der Waals surface area contributed by atoms with Gasteiger partial charge in [-0.15, -0.1) is 0 Å². The maximum Gasteiger partial charge on any atom is 0.449 e. The number of benzene rings is 1. The molecule has 0 aliphatic carbocycles. The predicted octanol–water partition coefficient (Wildman–Crippen LogP) is 5.57. The number of aryl methyl sites for hydroxylation is 1. The van der Waals surface area contributed by atoms with Gasteiger partial charge in [0.15, 0.2) is 0 Å². The van der Waals surface area contributed by atoms with E-state index in [0.29, 0.717) is 41.2 Å². The van der Waals surface area contributed by atoms with E-state index in [1.54, 1.807) is 57.1 Å². The van der Waals surface area contributed by atoms with Gasteiger partial charge in [0.05, 0.1) is 23.3 Å². The van der Waals surface area contributed by atoms with Gasteiger partial charge in [0, 0.05) is 39.4 Å². The third-order valence-corrected chi connectivity index (χ3v) is 7.79. The molecule has 43 heavy (non-hydrogen) atoms. The number of aromatic nitrogens is 1. The summed E-state index contributed by atoms with van der Waals surface area (Å²) in [7, 11) is 1.62. The van der Waals surface area contributed by atoms with Gasteiger partial charge in [0.2, 0.25) is 17.6 Å². The van der Waals surface area contributed by atoms with Crippen molar-refractivity contribution < 1.29 is 31.6 Å². The Morgan fingerprint density at radius 3 is 2.35 bits per heavy atom. The molecule has 4 aromatic rings. The lowest BCUT2D eigenvalue weighted by atomic mass is 9.90. The predicted molar refractivity (Wildman–Crippen MR) is 155 cm³/mol. The Morgan fingerprint density at radius 2 is 1.67 bits per heavy atom. The molecule has 1 aromatic carbocycles. The third-order valence-electron chi connectivity index (χ3n) is 7.79. The minimum atomic E-state index is -4.61. The number of fused-ring (bicyclic) bond motifs is 2. The van der Waals surface area contributed by atoms with Crippen molar-refractivity contribution >= 4 is 34.2 Å². The monoisotopic (exact) mass is 598 g/mol. The summed E-state index contributed by atoms with van der Waals surface area (Å²) >= 11 is 0. The Morgan fingerprint density at radius 1 is 0.930 bits per heavy atom. The quantitative estimate of drug-likeness (QED) is 0.246. The first kappa shape index (κ1) is 30.1. The van der Waals surface area contributed by atoms with Crippen LogP contribution in [0.5, 0.6) is 0 Å². The summed E-state index contributed by atoms with van der Waals surface area (Å²) in [6, 6.07) is 11.0. The highest BCUT2D eigenvalue weighted by molar-refractivity contribution is 6.19. The van der Waals surface area contributed by atoms with Crippen molar-refractivity contribution in [2.24, 2.45) is 5.41 Å². The second-order valence-electron chi connectivity index (χ2n) is 11.3. The van der Waals surface area contributed by atoms with Gasteiger partial charge in [0.25, 0.3) is 5.56 Å². The molecule has 1 aliphatic heterocycles. The average molecular weight is 599 g/mol. The number of rotatable bonds is 8. The number of pyridine rings is 1. The topological polar surface area (TPSA) is 92.1 Å². The molecule has 0 spiro atoms. The molecule has 1 aliphatic rings. The summed E-state index contributed by atoms with van der Waals surface area (Å²) in [5.41, 5.74) is 0.907. The van der Waals surface area contributed by atoms with E-state index in [9.17, 15) is 27.6 Å².